The lowest BCUT2D eigenvalue weighted by atomic mass is 9.82. The molecule has 102 valence electrons. The molecule has 1 aromatic heterocycles. The lowest BCUT2D eigenvalue weighted by Gasteiger charge is -2.28. The van der Waals surface area contributed by atoms with E-state index in [-0.39, 0.29) is 5.91 Å². The standard InChI is InChI=1S/C13H17N3O3/c1-16(8-11-14-6-7-15-11)12(17)9-4-2-3-5-10(9)13(18)19/h2-3,6-7,9-10H,4-5,8H2,1H3,(H,14,15)(H,18,19)/t9-,10+/m1/s1. The molecule has 1 aliphatic carbocycles. The molecule has 0 aliphatic heterocycles. The fraction of sp³-hybridized carbons (Fsp3) is 0.462. The maximum atomic E-state index is 12.3. The highest BCUT2D eigenvalue weighted by Gasteiger charge is 2.35. The van der Waals surface area contributed by atoms with Gasteiger partial charge < -0.3 is 15.0 Å². The highest BCUT2D eigenvalue weighted by atomic mass is 16.4. The zero-order chi connectivity index (χ0) is 13.8. The summed E-state index contributed by atoms with van der Waals surface area (Å²) in [5.74, 6) is -1.48. The molecule has 0 bridgehead atoms. The fourth-order valence-corrected chi connectivity index (χ4v) is 2.33. The number of carboxylic acid groups (broad SMARTS) is 1. The second-order valence-electron chi connectivity index (χ2n) is 4.72. The molecule has 2 rings (SSSR count). The molecule has 1 aliphatic rings. The first-order chi connectivity index (χ1) is 9.09. The van der Waals surface area contributed by atoms with E-state index in [2.05, 4.69) is 9.97 Å². The van der Waals surface area contributed by atoms with Crippen LogP contribution in [0, 0.1) is 11.8 Å². The molecule has 0 unspecified atom stereocenters. The molecular formula is C13H17N3O3. The minimum absolute atomic E-state index is 0.145. The van der Waals surface area contributed by atoms with Crippen LogP contribution in [0.1, 0.15) is 18.7 Å². The quantitative estimate of drug-likeness (QED) is 0.794. The molecule has 19 heavy (non-hydrogen) atoms. The van der Waals surface area contributed by atoms with Crippen molar-refractivity contribution in [3.8, 4) is 0 Å². The van der Waals surface area contributed by atoms with Gasteiger partial charge >= 0.3 is 5.97 Å². The van der Waals surface area contributed by atoms with Gasteiger partial charge in [0.15, 0.2) is 0 Å². The van der Waals surface area contributed by atoms with Crippen molar-refractivity contribution in [3.05, 3.63) is 30.4 Å². The number of imidazole rings is 1. The summed E-state index contributed by atoms with van der Waals surface area (Å²) in [6.45, 7) is 0.360. The Hall–Kier alpha value is -2.11. The second kappa shape index (κ2) is 5.69. The predicted octanol–water partition coefficient (Wildman–Crippen LogP) is 1.04. The van der Waals surface area contributed by atoms with Crippen molar-refractivity contribution in [2.45, 2.75) is 19.4 Å². The van der Waals surface area contributed by atoms with Gasteiger partial charge in [-0.05, 0) is 12.8 Å². The number of hydrogen-bond acceptors (Lipinski definition) is 3. The number of aromatic amines is 1. The normalized spacial score (nSPS) is 22.2. The Bertz CT molecular complexity index is 481. The van der Waals surface area contributed by atoms with Crippen molar-refractivity contribution in [1.82, 2.24) is 14.9 Å². The Morgan fingerprint density at radius 2 is 2.11 bits per heavy atom. The molecule has 6 nitrogen and oxygen atoms in total. The summed E-state index contributed by atoms with van der Waals surface area (Å²) in [4.78, 5) is 32.0. The second-order valence-corrected chi connectivity index (χ2v) is 4.72. The first-order valence-corrected chi connectivity index (χ1v) is 6.20. The molecule has 0 spiro atoms. The summed E-state index contributed by atoms with van der Waals surface area (Å²) < 4.78 is 0. The Balaban J connectivity index is 2.05. The van der Waals surface area contributed by atoms with Gasteiger partial charge in [-0.15, -0.1) is 0 Å². The first kappa shape index (κ1) is 13.3. The molecule has 0 radical (unpaired) electrons. The van der Waals surface area contributed by atoms with Crippen LogP contribution in [0.25, 0.3) is 0 Å². The van der Waals surface area contributed by atoms with Crippen LogP contribution in [-0.4, -0.2) is 38.9 Å². The summed E-state index contributed by atoms with van der Waals surface area (Å²) in [6, 6.07) is 0. The maximum Gasteiger partial charge on any atom is 0.307 e. The number of aliphatic carboxylic acids is 1. The number of allylic oxidation sites excluding steroid dienone is 2. The largest absolute Gasteiger partial charge is 0.481 e. The SMILES string of the molecule is CN(Cc1ncc[nH]1)C(=O)[C@@H]1CC=CC[C@@H]1C(=O)O. The Morgan fingerprint density at radius 3 is 2.68 bits per heavy atom. The van der Waals surface area contributed by atoms with Crippen LogP contribution in [0.4, 0.5) is 0 Å². The van der Waals surface area contributed by atoms with Crippen LogP contribution in [0.3, 0.4) is 0 Å². The van der Waals surface area contributed by atoms with E-state index in [1.54, 1.807) is 19.4 Å². The predicted molar refractivity (Wildman–Crippen MR) is 68.1 cm³/mol. The Kier molecular flexibility index (Phi) is 3.99. The zero-order valence-electron chi connectivity index (χ0n) is 10.7. The van der Waals surface area contributed by atoms with E-state index in [1.807, 2.05) is 12.2 Å². The fourth-order valence-electron chi connectivity index (χ4n) is 2.33. The van der Waals surface area contributed by atoms with Crippen molar-refractivity contribution >= 4 is 11.9 Å². The zero-order valence-corrected chi connectivity index (χ0v) is 10.7. The monoisotopic (exact) mass is 263 g/mol. The van der Waals surface area contributed by atoms with E-state index in [1.165, 1.54) is 4.90 Å². The molecule has 1 amide bonds. The van der Waals surface area contributed by atoms with Crippen LogP contribution >= 0.6 is 0 Å². The number of nitrogens with zero attached hydrogens (tertiary/aromatic N) is 2. The summed E-state index contributed by atoms with van der Waals surface area (Å²) in [5.41, 5.74) is 0. The third-order valence-corrected chi connectivity index (χ3v) is 3.38. The molecule has 2 atom stereocenters. The average Bonchev–Trinajstić information content (AvgIpc) is 2.90. The minimum Gasteiger partial charge on any atom is -0.481 e. The third kappa shape index (κ3) is 3.01. The number of carbonyl (C=O) groups is 2. The number of H-pyrrole nitrogens is 1. The molecule has 6 heteroatoms. The van der Waals surface area contributed by atoms with E-state index >= 15 is 0 Å². The van der Waals surface area contributed by atoms with Crippen molar-refractivity contribution < 1.29 is 14.7 Å². The number of hydrogen-bond donors (Lipinski definition) is 2. The summed E-state index contributed by atoms with van der Waals surface area (Å²) in [7, 11) is 1.67. The van der Waals surface area contributed by atoms with Crippen LogP contribution < -0.4 is 0 Å². The van der Waals surface area contributed by atoms with Gasteiger partial charge in [-0.25, -0.2) is 4.98 Å². The molecule has 0 saturated carbocycles. The first-order valence-electron chi connectivity index (χ1n) is 6.20. The molecule has 1 aromatic rings. The van der Waals surface area contributed by atoms with Gasteiger partial charge in [0.25, 0.3) is 0 Å². The number of nitrogens with one attached hydrogen (secondary N) is 1. The van der Waals surface area contributed by atoms with Gasteiger partial charge in [0.05, 0.1) is 18.4 Å². The third-order valence-electron chi connectivity index (χ3n) is 3.38. The van der Waals surface area contributed by atoms with Crippen LogP contribution in [0.15, 0.2) is 24.5 Å². The highest BCUT2D eigenvalue weighted by molar-refractivity contribution is 5.85. The van der Waals surface area contributed by atoms with E-state index < -0.39 is 17.8 Å². The smallest absolute Gasteiger partial charge is 0.307 e. The number of aromatic nitrogens is 2. The Morgan fingerprint density at radius 1 is 1.42 bits per heavy atom. The summed E-state index contributed by atoms with van der Waals surface area (Å²) in [5, 5.41) is 9.17. The number of amides is 1. The van der Waals surface area contributed by atoms with E-state index in [0.29, 0.717) is 25.2 Å². The van der Waals surface area contributed by atoms with Gasteiger partial charge in [-0.3, -0.25) is 9.59 Å². The van der Waals surface area contributed by atoms with Crippen LogP contribution in [-0.2, 0) is 16.1 Å². The molecule has 1 heterocycles. The highest BCUT2D eigenvalue weighted by Crippen LogP contribution is 2.27. The molecule has 0 fully saturated rings. The van der Waals surface area contributed by atoms with Crippen LogP contribution in [0.5, 0.6) is 0 Å². The maximum absolute atomic E-state index is 12.3. The lowest BCUT2D eigenvalue weighted by molar-refractivity contribution is -0.150. The van der Waals surface area contributed by atoms with Gasteiger partial charge in [-0.1, -0.05) is 12.2 Å². The van der Waals surface area contributed by atoms with Gasteiger partial charge in [0.2, 0.25) is 5.91 Å². The lowest BCUT2D eigenvalue weighted by Crippen LogP contribution is -2.39. The van der Waals surface area contributed by atoms with Crippen molar-refractivity contribution in [1.29, 1.82) is 0 Å². The molecule has 0 saturated heterocycles. The minimum atomic E-state index is -0.908. The average molecular weight is 263 g/mol. The number of rotatable bonds is 4. The van der Waals surface area contributed by atoms with E-state index in [4.69, 9.17) is 0 Å². The summed E-state index contributed by atoms with van der Waals surface area (Å²) >= 11 is 0. The topological polar surface area (TPSA) is 86.3 Å². The van der Waals surface area contributed by atoms with Crippen molar-refractivity contribution in [3.63, 3.8) is 0 Å². The van der Waals surface area contributed by atoms with Crippen molar-refractivity contribution in [2.24, 2.45) is 11.8 Å². The Labute approximate surface area is 111 Å². The van der Waals surface area contributed by atoms with Crippen LogP contribution in [0.2, 0.25) is 0 Å². The van der Waals surface area contributed by atoms with Crippen molar-refractivity contribution in [2.75, 3.05) is 7.05 Å². The number of carboxylic acids is 1. The number of carbonyl (C=O) groups excluding carboxylic acids is 1. The van der Waals surface area contributed by atoms with E-state index in [0.717, 1.165) is 0 Å². The van der Waals surface area contributed by atoms with Gasteiger partial charge in [-0.2, -0.15) is 0 Å². The molecule has 2 N–H and O–H groups in total. The van der Waals surface area contributed by atoms with Gasteiger partial charge in [0.1, 0.15) is 5.82 Å². The molecule has 0 aromatic carbocycles. The molecular weight excluding hydrogens is 246 g/mol. The van der Waals surface area contributed by atoms with Gasteiger partial charge in [0, 0.05) is 19.4 Å². The summed E-state index contributed by atoms with van der Waals surface area (Å²) in [6.07, 6.45) is 7.92. The van der Waals surface area contributed by atoms with E-state index in [9.17, 15) is 14.7 Å².